The summed E-state index contributed by atoms with van der Waals surface area (Å²) >= 11 is 0. The predicted octanol–water partition coefficient (Wildman–Crippen LogP) is 1.05. The first-order valence-corrected chi connectivity index (χ1v) is 8.83. The fourth-order valence-electron chi connectivity index (χ4n) is 2.99. The Hall–Kier alpha value is -1.99. The lowest BCUT2D eigenvalue weighted by Gasteiger charge is -2.37. The zero-order valence-corrected chi connectivity index (χ0v) is 14.5. The highest BCUT2D eigenvalue weighted by molar-refractivity contribution is 5.94. The maximum atomic E-state index is 13.2. The molecule has 0 bridgehead atoms. The summed E-state index contributed by atoms with van der Waals surface area (Å²) in [5.41, 5.74) is 0.465. The van der Waals surface area contributed by atoms with Gasteiger partial charge in [0.15, 0.2) is 0 Å². The molecule has 1 saturated carbocycles. The molecule has 1 aliphatic heterocycles. The molecule has 0 radical (unpaired) electrons. The third-order valence-electron chi connectivity index (χ3n) is 4.74. The van der Waals surface area contributed by atoms with Crippen LogP contribution in [-0.4, -0.2) is 66.4 Å². The maximum Gasteiger partial charge on any atom is 0.241 e. The Bertz CT molecular complexity index is 627. The Labute approximate surface area is 147 Å². The molecule has 2 aliphatic rings. The van der Waals surface area contributed by atoms with Crippen molar-refractivity contribution in [3.05, 3.63) is 30.1 Å². The molecule has 2 fully saturated rings. The van der Waals surface area contributed by atoms with E-state index >= 15 is 0 Å². The van der Waals surface area contributed by atoms with Crippen LogP contribution in [0.2, 0.25) is 0 Å². The summed E-state index contributed by atoms with van der Waals surface area (Å²) in [7, 11) is 0. The molecular weight excluding hydrogens is 323 g/mol. The van der Waals surface area contributed by atoms with Gasteiger partial charge in [0.2, 0.25) is 11.8 Å². The van der Waals surface area contributed by atoms with Gasteiger partial charge in [-0.2, -0.15) is 0 Å². The van der Waals surface area contributed by atoms with Gasteiger partial charge in [-0.25, -0.2) is 4.39 Å². The zero-order chi connectivity index (χ0) is 17.8. The van der Waals surface area contributed by atoms with Crippen molar-refractivity contribution >= 4 is 17.5 Å². The van der Waals surface area contributed by atoms with E-state index in [-0.39, 0.29) is 23.7 Å². The van der Waals surface area contributed by atoms with Crippen molar-refractivity contribution < 1.29 is 14.0 Å². The summed E-state index contributed by atoms with van der Waals surface area (Å²) in [6, 6.07) is 5.98. The molecule has 1 saturated heterocycles. The van der Waals surface area contributed by atoms with E-state index in [0.29, 0.717) is 18.3 Å². The molecule has 1 atom stereocenters. The Morgan fingerprint density at radius 3 is 2.60 bits per heavy atom. The molecule has 3 rings (SSSR count). The van der Waals surface area contributed by atoms with Crippen LogP contribution in [0.3, 0.4) is 0 Å². The second-order valence-electron chi connectivity index (χ2n) is 6.83. The van der Waals surface area contributed by atoms with Crippen molar-refractivity contribution in [3.63, 3.8) is 0 Å². The van der Waals surface area contributed by atoms with Gasteiger partial charge in [-0.1, -0.05) is 6.07 Å². The number of rotatable bonds is 6. The maximum absolute atomic E-state index is 13.2. The minimum Gasteiger partial charge on any atom is -0.352 e. The first kappa shape index (κ1) is 17.8. The first-order valence-electron chi connectivity index (χ1n) is 8.83. The van der Waals surface area contributed by atoms with Gasteiger partial charge >= 0.3 is 0 Å². The summed E-state index contributed by atoms with van der Waals surface area (Å²) in [5.74, 6) is -0.429. The Morgan fingerprint density at radius 1 is 1.24 bits per heavy atom. The number of hydrogen-bond donors (Lipinski definition) is 2. The molecule has 7 heteroatoms. The van der Waals surface area contributed by atoms with E-state index in [0.717, 1.165) is 39.0 Å². The standard InChI is InChI=1S/C18H25FN4O2/c1-13(18(25)21-16-4-2-3-14(19)11-16)23-9-7-22(8-10-23)12-17(24)20-15-5-6-15/h2-4,11,13,15H,5-10,12H2,1H3,(H,20,24)(H,21,25). The van der Waals surface area contributed by atoms with Gasteiger partial charge in [0.25, 0.3) is 0 Å². The quantitative estimate of drug-likeness (QED) is 0.807. The van der Waals surface area contributed by atoms with Crippen molar-refractivity contribution in [2.24, 2.45) is 0 Å². The molecule has 136 valence electrons. The second-order valence-corrected chi connectivity index (χ2v) is 6.83. The number of piperazine rings is 1. The van der Waals surface area contributed by atoms with Gasteiger partial charge in [0.1, 0.15) is 5.82 Å². The number of nitrogens with one attached hydrogen (secondary N) is 2. The van der Waals surface area contributed by atoms with Crippen LogP contribution in [0.25, 0.3) is 0 Å². The van der Waals surface area contributed by atoms with Crippen molar-refractivity contribution in [1.82, 2.24) is 15.1 Å². The fourth-order valence-corrected chi connectivity index (χ4v) is 2.99. The van der Waals surface area contributed by atoms with E-state index in [1.54, 1.807) is 12.1 Å². The summed E-state index contributed by atoms with van der Waals surface area (Å²) < 4.78 is 13.2. The number of carbonyl (C=O) groups is 2. The van der Waals surface area contributed by atoms with E-state index < -0.39 is 0 Å². The molecule has 2 N–H and O–H groups in total. The molecule has 0 spiro atoms. The molecule has 1 unspecified atom stereocenters. The molecule has 1 aromatic rings. The number of anilines is 1. The van der Waals surface area contributed by atoms with Crippen molar-refractivity contribution in [2.45, 2.75) is 31.8 Å². The lowest BCUT2D eigenvalue weighted by atomic mass is 10.2. The number of halogens is 1. The normalized spacial score (nSPS) is 20.1. The number of carbonyl (C=O) groups excluding carboxylic acids is 2. The van der Waals surface area contributed by atoms with Crippen LogP contribution >= 0.6 is 0 Å². The van der Waals surface area contributed by atoms with Gasteiger partial charge in [-0.15, -0.1) is 0 Å². The smallest absolute Gasteiger partial charge is 0.241 e. The summed E-state index contributed by atoms with van der Waals surface area (Å²) in [6.07, 6.45) is 2.19. The molecule has 25 heavy (non-hydrogen) atoms. The van der Waals surface area contributed by atoms with E-state index in [2.05, 4.69) is 20.4 Å². The highest BCUT2D eigenvalue weighted by Gasteiger charge is 2.28. The van der Waals surface area contributed by atoms with Gasteiger partial charge in [0.05, 0.1) is 12.6 Å². The highest BCUT2D eigenvalue weighted by atomic mass is 19.1. The third-order valence-corrected chi connectivity index (χ3v) is 4.74. The van der Waals surface area contributed by atoms with Crippen LogP contribution in [0.15, 0.2) is 24.3 Å². The molecule has 1 aromatic carbocycles. The number of nitrogens with zero attached hydrogens (tertiary/aromatic N) is 2. The largest absolute Gasteiger partial charge is 0.352 e. The lowest BCUT2D eigenvalue weighted by molar-refractivity contribution is -0.124. The van der Waals surface area contributed by atoms with Crippen molar-refractivity contribution in [1.29, 1.82) is 0 Å². The molecule has 1 heterocycles. The first-order chi connectivity index (χ1) is 12.0. The van der Waals surface area contributed by atoms with E-state index in [1.807, 2.05) is 6.92 Å². The van der Waals surface area contributed by atoms with Crippen LogP contribution in [0.4, 0.5) is 10.1 Å². The van der Waals surface area contributed by atoms with Gasteiger partial charge in [-0.3, -0.25) is 19.4 Å². The van der Waals surface area contributed by atoms with Crippen molar-refractivity contribution in [2.75, 3.05) is 38.0 Å². The summed E-state index contributed by atoms with van der Waals surface area (Å²) in [6.45, 7) is 5.26. The topological polar surface area (TPSA) is 64.7 Å². The molecule has 6 nitrogen and oxygen atoms in total. The number of hydrogen-bond acceptors (Lipinski definition) is 4. The predicted molar refractivity (Wildman–Crippen MR) is 93.7 cm³/mol. The average Bonchev–Trinajstić information content (AvgIpc) is 3.38. The molecule has 1 aliphatic carbocycles. The van der Waals surface area contributed by atoms with Gasteiger partial charge in [0, 0.05) is 37.9 Å². The Balaban J connectivity index is 1.43. The monoisotopic (exact) mass is 348 g/mol. The van der Waals surface area contributed by atoms with Crippen molar-refractivity contribution in [3.8, 4) is 0 Å². The van der Waals surface area contributed by atoms with E-state index in [4.69, 9.17) is 0 Å². The van der Waals surface area contributed by atoms with E-state index in [9.17, 15) is 14.0 Å². The number of benzene rings is 1. The van der Waals surface area contributed by atoms with Crippen LogP contribution in [0, 0.1) is 5.82 Å². The molecule has 2 amide bonds. The SMILES string of the molecule is CC(C(=O)Nc1cccc(F)c1)N1CCN(CC(=O)NC2CC2)CC1. The van der Waals surface area contributed by atoms with Crippen LogP contribution in [-0.2, 0) is 9.59 Å². The van der Waals surface area contributed by atoms with Crippen LogP contribution in [0.1, 0.15) is 19.8 Å². The summed E-state index contributed by atoms with van der Waals surface area (Å²) in [5, 5.41) is 5.75. The van der Waals surface area contributed by atoms with E-state index in [1.165, 1.54) is 12.1 Å². The summed E-state index contributed by atoms with van der Waals surface area (Å²) in [4.78, 5) is 28.4. The lowest BCUT2D eigenvalue weighted by Crippen LogP contribution is -2.54. The number of amides is 2. The van der Waals surface area contributed by atoms with Crippen LogP contribution in [0.5, 0.6) is 0 Å². The minimum absolute atomic E-state index is 0.0906. The molecule has 0 aromatic heterocycles. The molecular formula is C18H25FN4O2. The Morgan fingerprint density at radius 2 is 1.96 bits per heavy atom. The van der Waals surface area contributed by atoms with Gasteiger partial charge < -0.3 is 10.6 Å². The third kappa shape index (κ3) is 5.24. The van der Waals surface area contributed by atoms with Gasteiger partial charge in [-0.05, 0) is 38.0 Å². The second kappa shape index (κ2) is 7.93. The fraction of sp³-hybridized carbons (Fsp3) is 0.556. The average molecular weight is 348 g/mol. The minimum atomic E-state index is -0.372. The highest BCUT2D eigenvalue weighted by Crippen LogP contribution is 2.18. The van der Waals surface area contributed by atoms with Crippen LogP contribution < -0.4 is 10.6 Å². The Kier molecular flexibility index (Phi) is 5.65. The zero-order valence-electron chi connectivity index (χ0n) is 14.5.